The average molecular weight is 173 g/mol. The van der Waals surface area contributed by atoms with Crippen molar-refractivity contribution in [2.75, 3.05) is 5.75 Å². The van der Waals surface area contributed by atoms with Crippen molar-refractivity contribution in [3.63, 3.8) is 0 Å². The number of aliphatic hydroxyl groups is 1. The van der Waals surface area contributed by atoms with Gasteiger partial charge in [-0.05, 0) is 13.8 Å². The van der Waals surface area contributed by atoms with Crippen LogP contribution < -0.4 is 0 Å². The minimum Gasteiger partial charge on any atom is -0.440 e. The third kappa shape index (κ3) is 2.95. The molecule has 0 aliphatic rings. The van der Waals surface area contributed by atoms with Gasteiger partial charge in [0.25, 0.3) is 5.22 Å². The summed E-state index contributed by atoms with van der Waals surface area (Å²) in [6.45, 7) is 3.61. The van der Waals surface area contributed by atoms with E-state index in [0.717, 1.165) is 5.69 Å². The van der Waals surface area contributed by atoms with Gasteiger partial charge in [0.05, 0.1) is 11.8 Å². The lowest BCUT2D eigenvalue weighted by atomic mass is 10.5. The number of hydrogen-bond acceptors (Lipinski definition) is 4. The summed E-state index contributed by atoms with van der Waals surface area (Å²) in [4.78, 5) is 4.07. The van der Waals surface area contributed by atoms with E-state index in [1.165, 1.54) is 11.8 Å². The first-order chi connectivity index (χ1) is 5.18. The van der Waals surface area contributed by atoms with Crippen molar-refractivity contribution < 1.29 is 9.52 Å². The van der Waals surface area contributed by atoms with Gasteiger partial charge in [-0.25, -0.2) is 4.98 Å². The van der Waals surface area contributed by atoms with Crippen LogP contribution in [0.25, 0.3) is 0 Å². The van der Waals surface area contributed by atoms with E-state index in [4.69, 9.17) is 9.52 Å². The molecule has 1 N–H and O–H groups in total. The van der Waals surface area contributed by atoms with Crippen LogP contribution in [0.5, 0.6) is 0 Å². The number of aliphatic hydroxyl groups excluding tert-OH is 1. The molecule has 0 fully saturated rings. The van der Waals surface area contributed by atoms with Gasteiger partial charge in [-0.3, -0.25) is 0 Å². The van der Waals surface area contributed by atoms with Gasteiger partial charge < -0.3 is 9.52 Å². The van der Waals surface area contributed by atoms with Crippen LogP contribution in [-0.2, 0) is 0 Å². The molecule has 62 valence electrons. The fourth-order valence-electron chi connectivity index (χ4n) is 0.591. The number of rotatable bonds is 3. The Morgan fingerprint density at radius 3 is 3.00 bits per heavy atom. The summed E-state index contributed by atoms with van der Waals surface area (Å²) in [7, 11) is 0. The van der Waals surface area contributed by atoms with E-state index in [2.05, 4.69) is 4.98 Å². The van der Waals surface area contributed by atoms with E-state index in [0.29, 0.717) is 11.0 Å². The van der Waals surface area contributed by atoms with Crippen molar-refractivity contribution in [3.8, 4) is 0 Å². The largest absolute Gasteiger partial charge is 0.440 e. The third-order valence-corrected chi connectivity index (χ3v) is 2.13. The number of aryl methyl sites for hydroxylation is 1. The maximum absolute atomic E-state index is 8.93. The second kappa shape index (κ2) is 3.78. The Morgan fingerprint density at radius 1 is 1.82 bits per heavy atom. The molecule has 1 aromatic rings. The van der Waals surface area contributed by atoms with E-state index in [1.54, 1.807) is 13.2 Å². The summed E-state index contributed by atoms with van der Waals surface area (Å²) in [5, 5.41) is 9.56. The first kappa shape index (κ1) is 8.62. The number of thioether (sulfide) groups is 1. The molecule has 1 rings (SSSR count). The SMILES string of the molecule is Cc1coc(SCC(C)O)n1. The van der Waals surface area contributed by atoms with Gasteiger partial charge in [0.2, 0.25) is 0 Å². The predicted molar refractivity (Wildman–Crippen MR) is 43.6 cm³/mol. The van der Waals surface area contributed by atoms with Gasteiger partial charge in [0, 0.05) is 5.75 Å². The molecule has 1 unspecified atom stereocenters. The molecule has 0 saturated heterocycles. The Bertz CT molecular complexity index is 222. The van der Waals surface area contributed by atoms with Crippen molar-refractivity contribution >= 4 is 11.8 Å². The Labute approximate surface area is 69.8 Å². The molecular formula is C7H11NO2S. The molecule has 1 heterocycles. The second-order valence-corrected chi connectivity index (χ2v) is 3.39. The lowest BCUT2D eigenvalue weighted by Gasteiger charge is -1.98. The number of aromatic nitrogens is 1. The molecule has 0 amide bonds. The molecule has 3 nitrogen and oxygen atoms in total. The van der Waals surface area contributed by atoms with Gasteiger partial charge in [-0.1, -0.05) is 11.8 Å². The van der Waals surface area contributed by atoms with E-state index in [1.807, 2.05) is 6.92 Å². The number of nitrogens with zero attached hydrogens (tertiary/aromatic N) is 1. The van der Waals surface area contributed by atoms with E-state index >= 15 is 0 Å². The molecule has 0 saturated carbocycles. The highest BCUT2D eigenvalue weighted by Crippen LogP contribution is 2.17. The highest BCUT2D eigenvalue weighted by molar-refractivity contribution is 7.99. The molecule has 0 bridgehead atoms. The summed E-state index contributed by atoms with van der Waals surface area (Å²) in [6, 6.07) is 0. The van der Waals surface area contributed by atoms with Crippen molar-refractivity contribution in [1.82, 2.24) is 4.98 Å². The zero-order chi connectivity index (χ0) is 8.27. The quantitative estimate of drug-likeness (QED) is 0.703. The Morgan fingerprint density at radius 2 is 2.55 bits per heavy atom. The van der Waals surface area contributed by atoms with Crippen LogP contribution in [0.3, 0.4) is 0 Å². The van der Waals surface area contributed by atoms with E-state index in [9.17, 15) is 0 Å². The van der Waals surface area contributed by atoms with Crippen LogP contribution in [0, 0.1) is 6.92 Å². The van der Waals surface area contributed by atoms with Crippen LogP contribution in [0.4, 0.5) is 0 Å². The predicted octanol–water partition coefficient (Wildman–Crippen LogP) is 1.46. The van der Waals surface area contributed by atoms with Gasteiger partial charge in [0.15, 0.2) is 0 Å². The standard InChI is InChI=1S/C7H11NO2S/c1-5-3-10-7(8-5)11-4-6(2)9/h3,6,9H,4H2,1-2H3. The van der Waals surface area contributed by atoms with Gasteiger partial charge in [-0.2, -0.15) is 0 Å². The molecule has 1 atom stereocenters. The Hall–Kier alpha value is -0.480. The molecule has 11 heavy (non-hydrogen) atoms. The molecule has 0 aliphatic heterocycles. The fraction of sp³-hybridized carbons (Fsp3) is 0.571. The number of hydrogen-bond donors (Lipinski definition) is 1. The minimum absolute atomic E-state index is 0.313. The summed E-state index contributed by atoms with van der Waals surface area (Å²) in [5.41, 5.74) is 0.873. The normalized spacial score (nSPS) is 13.4. The highest BCUT2D eigenvalue weighted by Gasteiger charge is 2.02. The van der Waals surface area contributed by atoms with Crippen LogP contribution in [0.15, 0.2) is 15.9 Å². The second-order valence-electron chi connectivity index (χ2n) is 2.41. The molecule has 0 radical (unpaired) electrons. The van der Waals surface area contributed by atoms with Crippen molar-refractivity contribution in [3.05, 3.63) is 12.0 Å². The first-order valence-electron chi connectivity index (χ1n) is 3.41. The monoisotopic (exact) mass is 173 g/mol. The number of oxazole rings is 1. The smallest absolute Gasteiger partial charge is 0.255 e. The van der Waals surface area contributed by atoms with Gasteiger partial charge in [-0.15, -0.1) is 0 Å². The molecule has 0 aliphatic carbocycles. The molecule has 4 heteroatoms. The third-order valence-electron chi connectivity index (χ3n) is 1.05. The maximum Gasteiger partial charge on any atom is 0.255 e. The van der Waals surface area contributed by atoms with E-state index < -0.39 is 0 Å². The van der Waals surface area contributed by atoms with Crippen molar-refractivity contribution in [2.24, 2.45) is 0 Å². The van der Waals surface area contributed by atoms with Crippen molar-refractivity contribution in [2.45, 2.75) is 25.2 Å². The van der Waals surface area contributed by atoms with Crippen molar-refractivity contribution in [1.29, 1.82) is 0 Å². The maximum atomic E-state index is 8.93. The van der Waals surface area contributed by atoms with Crippen LogP contribution in [0.1, 0.15) is 12.6 Å². The van der Waals surface area contributed by atoms with Crippen LogP contribution in [-0.4, -0.2) is 21.9 Å². The molecule has 1 aromatic heterocycles. The summed E-state index contributed by atoms with van der Waals surface area (Å²) in [6.07, 6.45) is 1.29. The lowest BCUT2D eigenvalue weighted by molar-refractivity contribution is 0.220. The first-order valence-corrected chi connectivity index (χ1v) is 4.40. The summed E-state index contributed by atoms with van der Waals surface area (Å²) >= 11 is 1.42. The highest BCUT2D eigenvalue weighted by atomic mass is 32.2. The average Bonchev–Trinajstić information content (AvgIpc) is 2.31. The topological polar surface area (TPSA) is 46.3 Å². The van der Waals surface area contributed by atoms with Crippen LogP contribution in [0.2, 0.25) is 0 Å². The zero-order valence-corrected chi connectivity index (χ0v) is 7.39. The Kier molecular flexibility index (Phi) is 2.96. The Balaban J connectivity index is 2.39. The molecule has 0 aromatic carbocycles. The van der Waals surface area contributed by atoms with Gasteiger partial charge in [0.1, 0.15) is 6.26 Å². The van der Waals surface area contributed by atoms with Gasteiger partial charge >= 0.3 is 0 Å². The fourth-order valence-corrected chi connectivity index (χ4v) is 1.30. The van der Waals surface area contributed by atoms with Crippen LogP contribution >= 0.6 is 11.8 Å². The minimum atomic E-state index is -0.313. The lowest BCUT2D eigenvalue weighted by Crippen LogP contribution is -2.02. The molecule has 0 spiro atoms. The summed E-state index contributed by atoms with van der Waals surface area (Å²) < 4.78 is 5.06. The summed E-state index contributed by atoms with van der Waals surface area (Å²) in [5.74, 6) is 0.625. The molecular weight excluding hydrogens is 162 g/mol. The van der Waals surface area contributed by atoms with E-state index in [-0.39, 0.29) is 6.10 Å². The zero-order valence-electron chi connectivity index (χ0n) is 6.57.